The van der Waals surface area contributed by atoms with Crippen LogP contribution in [0.3, 0.4) is 0 Å². The van der Waals surface area contributed by atoms with Gasteiger partial charge in [-0.25, -0.2) is 4.39 Å². The lowest BCUT2D eigenvalue weighted by Crippen LogP contribution is -2.36. The van der Waals surface area contributed by atoms with E-state index in [1.54, 1.807) is 19.9 Å². The second-order valence-corrected chi connectivity index (χ2v) is 9.00. The molecule has 0 spiro atoms. The predicted octanol–water partition coefficient (Wildman–Crippen LogP) is 3.19. The third-order valence-corrected chi connectivity index (χ3v) is 5.87. The Hall–Kier alpha value is -3.50. The smallest absolute Gasteiger partial charge is 0.273 e. The SMILES string of the molecule is CC(C)NC(=O)/C(C#N)=c1\s/c(=C/c2ccc(C(C)C)cc2)c(=O)n1-c1ccc(F)cc1. The summed E-state index contributed by atoms with van der Waals surface area (Å²) in [4.78, 5) is 26.0. The topological polar surface area (TPSA) is 74.9 Å². The molecule has 0 bridgehead atoms. The van der Waals surface area contributed by atoms with Crippen molar-refractivity contribution in [1.82, 2.24) is 9.88 Å². The van der Waals surface area contributed by atoms with Crippen molar-refractivity contribution >= 4 is 28.9 Å². The van der Waals surface area contributed by atoms with Gasteiger partial charge in [-0.2, -0.15) is 5.26 Å². The number of aromatic nitrogens is 1. The molecule has 7 heteroatoms. The Kier molecular flexibility index (Phi) is 7.06. The van der Waals surface area contributed by atoms with Crippen molar-refractivity contribution in [2.24, 2.45) is 0 Å². The van der Waals surface area contributed by atoms with Crippen LogP contribution in [0.2, 0.25) is 0 Å². The third-order valence-electron chi connectivity index (χ3n) is 4.78. The van der Waals surface area contributed by atoms with Crippen molar-refractivity contribution in [2.75, 3.05) is 0 Å². The van der Waals surface area contributed by atoms with Gasteiger partial charge in [0.2, 0.25) is 0 Å². The first-order valence-electron chi connectivity index (χ1n) is 10.3. The molecule has 3 aromatic rings. The average molecular weight is 450 g/mol. The van der Waals surface area contributed by atoms with Gasteiger partial charge in [-0.15, -0.1) is 11.3 Å². The minimum Gasteiger partial charge on any atom is -0.349 e. The number of rotatable bonds is 5. The summed E-state index contributed by atoms with van der Waals surface area (Å²) >= 11 is 1.06. The first-order chi connectivity index (χ1) is 15.2. The zero-order valence-electron chi connectivity index (χ0n) is 18.3. The van der Waals surface area contributed by atoms with Gasteiger partial charge in [0.15, 0.2) is 5.57 Å². The maximum atomic E-state index is 13.5. The molecule has 0 radical (unpaired) electrons. The first-order valence-corrected chi connectivity index (χ1v) is 11.1. The van der Waals surface area contributed by atoms with E-state index in [1.807, 2.05) is 30.3 Å². The van der Waals surface area contributed by atoms with E-state index in [4.69, 9.17) is 0 Å². The number of amides is 1. The van der Waals surface area contributed by atoms with Crippen molar-refractivity contribution in [3.63, 3.8) is 0 Å². The van der Waals surface area contributed by atoms with E-state index in [0.717, 1.165) is 16.9 Å². The quantitative estimate of drug-likeness (QED) is 0.650. The Morgan fingerprint density at radius 1 is 1.09 bits per heavy atom. The summed E-state index contributed by atoms with van der Waals surface area (Å²) < 4.78 is 15.3. The van der Waals surface area contributed by atoms with Crippen LogP contribution in [-0.4, -0.2) is 16.5 Å². The Bertz CT molecular complexity index is 1340. The molecule has 0 saturated heterocycles. The van der Waals surface area contributed by atoms with E-state index in [-0.39, 0.29) is 21.8 Å². The zero-order valence-corrected chi connectivity index (χ0v) is 19.2. The highest BCUT2D eigenvalue weighted by Crippen LogP contribution is 2.15. The predicted molar refractivity (Wildman–Crippen MR) is 126 cm³/mol. The van der Waals surface area contributed by atoms with Crippen molar-refractivity contribution in [3.8, 4) is 11.8 Å². The lowest BCUT2D eigenvalue weighted by Gasteiger charge is -2.07. The highest BCUT2D eigenvalue weighted by atomic mass is 32.1. The van der Waals surface area contributed by atoms with Gasteiger partial charge in [0.05, 0.1) is 10.2 Å². The summed E-state index contributed by atoms with van der Waals surface area (Å²) in [6.07, 6.45) is 1.73. The van der Waals surface area contributed by atoms with Crippen molar-refractivity contribution in [1.29, 1.82) is 5.26 Å². The molecule has 0 unspecified atom stereocenters. The van der Waals surface area contributed by atoms with Crippen LogP contribution in [0.25, 0.3) is 17.3 Å². The molecule has 0 fully saturated rings. The van der Waals surface area contributed by atoms with Gasteiger partial charge in [-0.3, -0.25) is 14.2 Å². The molecule has 1 amide bonds. The number of halogens is 1. The normalized spacial score (nSPS) is 12.8. The molecule has 1 heterocycles. The van der Waals surface area contributed by atoms with Crippen molar-refractivity contribution in [3.05, 3.63) is 85.0 Å². The van der Waals surface area contributed by atoms with E-state index < -0.39 is 11.7 Å². The molecule has 32 heavy (non-hydrogen) atoms. The van der Waals surface area contributed by atoms with Gasteiger partial charge >= 0.3 is 0 Å². The fourth-order valence-electron chi connectivity index (χ4n) is 3.13. The molecular weight excluding hydrogens is 425 g/mol. The molecule has 0 aliphatic rings. The third kappa shape index (κ3) is 5.04. The molecule has 0 saturated carbocycles. The van der Waals surface area contributed by atoms with Crippen LogP contribution in [0.15, 0.2) is 53.3 Å². The van der Waals surface area contributed by atoms with Gasteiger partial charge in [-0.1, -0.05) is 38.1 Å². The Balaban J connectivity index is 2.30. The van der Waals surface area contributed by atoms with E-state index in [0.29, 0.717) is 16.1 Å². The fourth-order valence-corrected chi connectivity index (χ4v) is 4.24. The van der Waals surface area contributed by atoms with Crippen LogP contribution in [-0.2, 0) is 4.79 Å². The molecule has 0 aliphatic carbocycles. The Morgan fingerprint density at radius 3 is 2.25 bits per heavy atom. The van der Waals surface area contributed by atoms with Crippen LogP contribution in [0.4, 0.5) is 4.39 Å². The highest BCUT2D eigenvalue weighted by Gasteiger charge is 2.17. The second kappa shape index (κ2) is 9.75. The Morgan fingerprint density at radius 2 is 1.72 bits per heavy atom. The van der Waals surface area contributed by atoms with Crippen LogP contribution >= 0.6 is 11.3 Å². The highest BCUT2D eigenvalue weighted by molar-refractivity contribution is 7.07. The molecule has 5 nitrogen and oxygen atoms in total. The summed E-state index contributed by atoms with van der Waals surface area (Å²) in [5, 5.41) is 12.4. The summed E-state index contributed by atoms with van der Waals surface area (Å²) in [6, 6.07) is 15.0. The standard InChI is InChI=1S/C25H24FN3O2S/c1-15(2)18-7-5-17(6-8-18)13-22-24(31)29(20-11-9-19(26)10-12-20)25(32-22)21(14-27)23(30)28-16(3)4/h5-13,15-16H,1-4H3,(H,28,30)/b22-13+,25-21-. The van der Waals surface area contributed by atoms with E-state index in [2.05, 4.69) is 19.2 Å². The molecular formula is C25H24FN3O2S. The van der Waals surface area contributed by atoms with Gasteiger partial charge in [0.25, 0.3) is 11.5 Å². The maximum Gasteiger partial charge on any atom is 0.273 e. The lowest BCUT2D eigenvalue weighted by molar-refractivity contribution is -0.116. The fraction of sp³-hybridized carbons (Fsp3) is 0.240. The number of hydrogen-bond acceptors (Lipinski definition) is 4. The number of carbonyl (C=O) groups excluding carboxylic acids is 1. The number of carbonyl (C=O) groups is 1. The van der Waals surface area contributed by atoms with E-state index in [1.165, 1.54) is 34.4 Å². The largest absolute Gasteiger partial charge is 0.349 e. The number of hydrogen-bond donors (Lipinski definition) is 1. The average Bonchev–Trinajstić information content (AvgIpc) is 3.05. The number of benzene rings is 2. The van der Waals surface area contributed by atoms with Gasteiger partial charge < -0.3 is 5.32 Å². The van der Waals surface area contributed by atoms with Crippen LogP contribution in [0, 0.1) is 17.1 Å². The van der Waals surface area contributed by atoms with Crippen LogP contribution in [0.5, 0.6) is 0 Å². The minimum absolute atomic E-state index is 0.167. The zero-order chi connectivity index (χ0) is 23.4. The number of nitrogens with zero attached hydrogens (tertiary/aromatic N) is 2. The lowest BCUT2D eigenvalue weighted by atomic mass is 10.0. The number of nitrogens with one attached hydrogen (secondary N) is 1. The summed E-state index contributed by atoms with van der Waals surface area (Å²) in [5.74, 6) is -0.620. The molecule has 1 aromatic heterocycles. The molecule has 3 rings (SSSR count). The summed E-state index contributed by atoms with van der Waals surface area (Å²) in [5.41, 5.74) is 1.84. The van der Waals surface area contributed by atoms with Gasteiger partial charge in [-0.05, 0) is 61.2 Å². The Labute approximate surface area is 189 Å². The van der Waals surface area contributed by atoms with Crippen LogP contribution in [0.1, 0.15) is 44.7 Å². The molecule has 1 N–H and O–H groups in total. The van der Waals surface area contributed by atoms with Gasteiger partial charge in [0, 0.05) is 6.04 Å². The summed E-state index contributed by atoms with van der Waals surface area (Å²) in [6.45, 7) is 7.78. The molecule has 0 aliphatic heterocycles. The number of thiazole rings is 1. The first kappa shape index (κ1) is 23.2. The van der Waals surface area contributed by atoms with Crippen LogP contribution < -0.4 is 20.1 Å². The molecule has 164 valence electrons. The van der Waals surface area contributed by atoms with Crippen molar-refractivity contribution in [2.45, 2.75) is 39.7 Å². The second-order valence-electron chi connectivity index (χ2n) is 7.97. The minimum atomic E-state index is -0.563. The molecule has 0 atom stereocenters. The van der Waals surface area contributed by atoms with E-state index >= 15 is 0 Å². The number of nitriles is 1. The van der Waals surface area contributed by atoms with E-state index in [9.17, 15) is 19.2 Å². The van der Waals surface area contributed by atoms with Crippen molar-refractivity contribution < 1.29 is 9.18 Å². The van der Waals surface area contributed by atoms with Gasteiger partial charge in [0.1, 0.15) is 16.5 Å². The summed E-state index contributed by atoms with van der Waals surface area (Å²) in [7, 11) is 0. The monoisotopic (exact) mass is 449 g/mol. The maximum absolute atomic E-state index is 13.5. The molecule has 2 aromatic carbocycles.